The van der Waals surface area contributed by atoms with Gasteiger partial charge in [0.15, 0.2) is 0 Å². The highest BCUT2D eigenvalue weighted by Gasteiger charge is 2.21. The van der Waals surface area contributed by atoms with E-state index in [1.54, 1.807) is 18.9 Å². The van der Waals surface area contributed by atoms with E-state index in [0.29, 0.717) is 6.54 Å². The molecule has 0 aliphatic carbocycles. The van der Waals surface area contributed by atoms with E-state index >= 15 is 0 Å². The third kappa shape index (κ3) is 3.47. The molecule has 1 N–H and O–H groups in total. The summed E-state index contributed by atoms with van der Waals surface area (Å²) in [5.41, 5.74) is 1.10. The van der Waals surface area contributed by atoms with E-state index in [2.05, 4.69) is 5.10 Å². The van der Waals surface area contributed by atoms with Crippen LogP contribution in [0.4, 0.5) is 0 Å². The summed E-state index contributed by atoms with van der Waals surface area (Å²) in [6.07, 6.45) is 2.60. The zero-order valence-electron chi connectivity index (χ0n) is 11.9. The van der Waals surface area contributed by atoms with Crippen molar-refractivity contribution in [2.45, 2.75) is 19.5 Å². The Balaban J connectivity index is 2.05. The summed E-state index contributed by atoms with van der Waals surface area (Å²) >= 11 is 0. The molecule has 0 radical (unpaired) electrons. The zero-order chi connectivity index (χ0) is 15.4. The number of carboxylic acids is 1. The first kappa shape index (κ1) is 14.8. The molecule has 0 aliphatic heterocycles. The van der Waals surface area contributed by atoms with Gasteiger partial charge in [-0.25, -0.2) is 4.79 Å². The average Bonchev–Trinajstić information content (AvgIpc) is 2.96. The fourth-order valence-corrected chi connectivity index (χ4v) is 2.03. The summed E-state index contributed by atoms with van der Waals surface area (Å²) in [6.45, 7) is 2.19. The van der Waals surface area contributed by atoms with E-state index in [-0.39, 0.29) is 11.5 Å². The van der Waals surface area contributed by atoms with Crippen LogP contribution in [0.2, 0.25) is 0 Å². The van der Waals surface area contributed by atoms with Gasteiger partial charge in [0.1, 0.15) is 6.04 Å². The van der Waals surface area contributed by atoms with Crippen LogP contribution in [0, 0.1) is 0 Å². The molecule has 110 valence electrons. The molecule has 2 rings (SSSR count). The van der Waals surface area contributed by atoms with Crippen LogP contribution in [-0.4, -0.2) is 38.7 Å². The lowest BCUT2D eigenvalue weighted by molar-refractivity contribution is -0.133. The second kappa shape index (κ2) is 6.21. The summed E-state index contributed by atoms with van der Waals surface area (Å²) in [5.74, 6) is -1.18. The van der Waals surface area contributed by atoms with Gasteiger partial charge in [0.2, 0.25) is 5.91 Å². The molecule has 0 spiro atoms. The summed E-state index contributed by atoms with van der Waals surface area (Å²) in [6, 6.07) is 9.11. The summed E-state index contributed by atoms with van der Waals surface area (Å²) in [4.78, 5) is 24.8. The number of likely N-dealkylation sites (N-methyl/N-ethyl adjacent to an activating group) is 1. The maximum Gasteiger partial charge on any atom is 0.338 e. The molecule has 1 aromatic carbocycles. The Hall–Kier alpha value is -2.63. The lowest BCUT2D eigenvalue weighted by Crippen LogP contribution is -2.33. The highest BCUT2D eigenvalue weighted by atomic mass is 16.4. The largest absolute Gasteiger partial charge is 0.478 e. The Morgan fingerprint density at radius 3 is 2.57 bits per heavy atom. The number of amides is 1. The molecule has 1 aromatic heterocycles. The number of aromatic nitrogens is 2. The number of carbonyl (C=O) groups is 2. The predicted octanol–water partition coefficient (Wildman–Crippen LogP) is 1.80. The van der Waals surface area contributed by atoms with Crippen molar-refractivity contribution in [2.75, 3.05) is 7.05 Å². The van der Waals surface area contributed by atoms with Crippen molar-refractivity contribution in [1.29, 1.82) is 0 Å². The fourth-order valence-electron chi connectivity index (χ4n) is 2.03. The molecule has 21 heavy (non-hydrogen) atoms. The molecule has 1 amide bonds. The summed E-state index contributed by atoms with van der Waals surface area (Å²) in [7, 11) is 1.72. The minimum atomic E-state index is -1.06. The third-order valence-electron chi connectivity index (χ3n) is 3.24. The van der Waals surface area contributed by atoms with Crippen molar-refractivity contribution >= 4 is 11.9 Å². The highest BCUT2D eigenvalue weighted by molar-refractivity contribution is 5.87. The van der Waals surface area contributed by atoms with Crippen molar-refractivity contribution in [1.82, 2.24) is 14.7 Å². The lowest BCUT2D eigenvalue weighted by atomic mass is 10.2. The van der Waals surface area contributed by atoms with Crippen molar-refractivity contribution in [2.24, 2.45) is 0 Å². The van der Waals surface area contributed by atoms with E-state index in [0.717, 1.165) is 5.56 Å². The van der Waals surface area contributed by atoms with E-state index in [1.165, 1.54) is 17.1 Å². The minimum Gasteiger partial charge on any atom is -0.478 e. The molecular weight excluding hydrogens is 270 g/mol. The minimum absolute atomic E-state index is 0.0698. The highest BCUT2D eigenvalue weighted by Crippen LogP contribution is 2.12. The van der Waals surface area contributed by atoms with Gasteiger partial charge >= 0.3 is 5.97 Å². The van der Waals surface area contributed by atoms with Gasteiger partial charge in [-0.3, -0.25) is 9.48 Å². The van der Waals surface area contributed by atoms with E-state index in [9.17, 15) is 9.59 Å². The van der Waals surface area contributed by atoms with Gasteiger partial charge in [0.05, 0.1) is 11.8 Å². The number of benzene rings is 1. The van der Waals surface area contributed by atoms with E-state index < -0.39 is 12.0 Å². The van der Waals surface area contributed by atoms with Gasteiger partial charge < -0.3 is 10.0 Å². The molecule has 0 bridgehead atoms. The van der Waals surface area contributed by atoms with Crippen LogP contribution in [-0.2, 0) is 11.3 Å². The number of hydrogen-bond acceptors (Lipinski definition) is 3. The van der Waals surface area contributed by atoms with Crippen LogP contribution in [0.1, 0.15) is 28.9 Å². The number of hydrogen-bond donors (Lipinski definition) is 1. The van der Waals surface area contributed by atoms with Crippen LogP contribution in [0.3, 0.4) is 0 Å². The Labute approximate surface area is 122 Å². The van der Waals surface area contributed by atoms with Crippen LogP contribution in [0.25, 0.3) is 0 Å². The molecule has 0 aliphatic rings. The first-order valence-electron chi connectivity index (χ1n) is 6.55. The monoisotopic (exact) mass is 287 g/mol. The van der Waals surface area contributed by atoms with E-state index in [1.807, 2.05) is 30.3 Å². The molecule has 0 saturated carbocycles. The summed E-state index contributed by atoms with van der Waals surface area (Å²) in [5, 5.41) is 12.8. The summed E-state index contributed by atoms with van der Waals surface area (Å²) < 4.78 is 1.37. The van der Waals surface area contributed by atoms with Crippen LogP contribution >= 0.6 is 0 Å². The second-order valence-corrected chi connectivity index (χ2v) is 4.87. The van der Waals surface area contributed by atoms with Gasteiger partial charge in [-0.1, -0.05) is 30.3 Å². The zero-order valence-corrected chi connectivity index (χ0v) is 11.9. The second-order valence-electron chi connectivity index (χ2n) is 4.87. The first-order chi connectivity index (χ1) is 9.99. The van der Waals surface area contributed by atoms with Crippen molar-refractivity contribution in [3.05, 3.63) is 53.9 Å². The number of rotatable bonds is 5. The number of aromatic carboxylic acids is 1. The molecule has 1 atom stereocenters. The Morgan fingerprint density at radius 2 is 2.00 bits per heavy atom. The van der Waals surface area contributed by atoms with E-state index in [4.69, 9.17) is 5.11 Å². The number of carboxylic acid groups (broad SMARTS) is 1. The molecular formula is C15H17N3O3. The normalized spacial score (nSPS) is 11.9. The Bertz CT molecular complexity index is 637. The number of carbonyl (C=O) groups excluding carboxylic acids is 1. The van der Waals surface area contributed by atoms with Gasteiger partial charge in [-0.15, -0.1) is 0 Å². The van der Waals surface area contributed by atoms with Crippen LogP contribution in [0.5, 0.6) is 0 Å². The lowest BCUT2D eigenvalue weighted by Gasteiger charge is -2.21. The first-order valence-corrected chi connectivity index (χ1v) is 6.55. The van der Waals surface area contributed by atoms with Gasteiger partial charge in [0.25, 0.3) is 0 Å². The maximum atomic E-state index is 12.3. The van der Waals surface area contributed by atoms with Crippen molar-refractivity contribution in [3.63, 3.8) is 0 Å². The molecule has 6 nitrogen and oxygen atoms in total. The Kier molecular flexibility index (Phi) is 4.37. The van der Waals surface area contributed by atoms with Gasteiger partial charge in [-0.05, 0) is 12.5 Å². The molecule has 0 saturated heterocycles. The van der Waals surface area contributed by atoms with Crippen LogP contribution in [0.15, 0.2) is 42.7 Å². The SMILES string of the molecule is CC(C(=O)N(C)Cc1ccccc1)n1cc(C(=O)O)cn1. The molecule has 1 heterocycles. The molecule has 0 fully saturated rings. The van der Waals surface area contributed by atoms with Crippen LogP contribution < -0.4 is 0 Å². The van der Waals surface area contributed by atoms with Gasteiger partial charge in [0, 0.05) is 19.8 Å². The van der Waals surface area contributed by atoms with Crippen molar-refractivity contribution < 1.29 is 14.7 Å². The topological polar surface area (TPSA) is 75.4 Å². The Morgan fingerprint density at radius 1 is 1.33 bits per heavy atom. The quantitative estimate of drug-likeness (QED) is 0.910. The molecule has 6 heteroatoms. The number of nitrogens with zero attached hydrogens (tertiary/aromatic N) is 3. The fraction of sp³-hybridized carbons (Fsp3) is 0.267. The third-order valence-corrected chi connectivity index (χ3v) is 3.24. The average molecular weight is 287 g/mol. The smallest absolute Gasteiger partial charge is 0.338 e. The molecule has 2 aromatic rings. The molecule has 1 unspecified atom stereocenters. The van der Waals surface area contributed by atoms with Crippen molar-refractivity contribution in [3.8, 4) is 0 Å². The maximum absolute atomic E-state index is 12.3. The predicted molar refractivity (Wildman–Crippen MR) is 76.8 cm³/mol. The van der Waals surface area contributed by atoms with Gasteiger partial charge in [-0.2, -0.15) is 5.10 Å². The standard InChI is InChI=1S/C15H17N3O3/c1-11(18-10-13(8-16-18)15(20)21)14(19)17(2)9-12-6-4-3-5-7-12/h3-8,10-11H,9H2,1-2H3,(H,20,21).